The molecule has 0 aliphatic heterocycles. The number of nitrogens with zero attached hydrogens (tertiary/aromatic N) is 1. The average Bonchev–Trinajstić information content (AvgIpc) is 2.40. The van der Waals surface area contributed by atoms with E-state index in [0.717, 1.165) is 31.4 Å². The smallest absolute Gasteiger partial charge is 0.306 e. The highest BCUT2D eigenvalue weighted by atomic mass is 16.4. The zero-order chi connectivity index (χ0) is 13.0. The van der Waals surface area contributed by atoms with Gasteiger partial charge in [0, 0.05) is 18.3 Å². The lowest BCUT2D eigenvalue weighted by atomic mass is 9.85. The van der Waals surface area contributed by atoms with Gasteiger partial charge in [-0.25, -0.2) is 0 Å². The van der Waals surface area contributed by atoms with Crippen LogP contribution in [0.5, 0.6) is 0 Å². The van der Waals surface area contributed by atoms with Gasteiger partial charge in [0.1, 0.15) is 0 Å². The van der Waals surface area contributed by atoms with Gasteiger partial charge in [0.2, 0.25) is 0 Å². The van der Waals surface area contributed by atoms with E-state index in [1.54, 1.807) is 6.20 Å². The van der Waals surface area contributed by atoms with Gasteiger partial charge < -0.3 is 10.4 Å². The SMILES string of the molecule is C[C@H](NC1CCCC(C(=O)O)C1)c1ccccn1. The Hall–Kier alpha value is -1.42. The molecule has 1 aliphatic carbocycles. The summed E-state index contributed by atoms with van der Waals surface area (Å²) < 4.78 is 0. The maximum absolute atomic E-state index is 11.0. The van der Waals surface area contributed by atoms with Crippen LogP contribution in [-0.2, 0) is 4.79 Å². The first-order chi connectivity index (χ1) is 8.66. The first-order valence-corrected chi connectivity index (χ1v) is 6.56. The Kier molecular flexibility index (Phi) is 4.31. The standard InChI is InChI=1S/C14H20N2O2/c1-10(13-7-2-3-8-15-13)16-12-6-4-5-11(9-12)14(17)18/h2-3,7-8,10-12,16H,4-6,9H2,1H3,(H,17,18)/t10-,11?,12?/m0/s1. The van der Waals surface area contributed by atoms with Crippen molar-refractivity contribution in [3.05, 3.63) is 30.1 Å². The van der Waals surface area contributed by atoms with E-state index in [4.69, 9.17) is 5.11 Å². The molecule has 0 amide bonds. The molecule has 18 heavy (non-hydrogen) atoms. The molecule has 0 aromatic carbocycles. The lowest BCUT2D eigenvalue weighted by molar-refractivity contribution is -0.143. The molecule has 2 rings (SSSR count). The van der Waals surface area contributed by atoms with Crippen molar-refractivity contribution in [3.63, 3.8) is 0 Å². The summed E-state index contributed by atoms with van der Waals surface area (Å²) >= 11 is 0. The first-order valence-electron chi connectivity index (χ1n) is 6.56. The van der Waals surface area contributed by atoms with Gasteiger partial charge in [-0.1, -0.05) is 12.5 Å². The molecule has 0 radical (unpaired) electrons. The third-order valence-electron chi connectivity index (χ3n) is 3.64. The van der Waals surface area contributed by atoms with Crippen LogP contribution in [0.3, 0.4) is 0 Å². The highest BCUT2D eigenvalue weighted by Gasteiger charge is 2.27. The highest BCUT2D eigenvalue weighted by molar-refractivity contribution is 5.70. The Morgan fingerprint density at radius 2 is 2.33 bits per heavy atom. The molecule has 3 atom stereocenters. The number of hydrogen-bond donors (Lipinski definition) is 2. The van der Waals surface area contributed by atoms with E-state index < -0.39 is 5.97 Å². The van der Waals surface area contributed by atoms with E-state index in [1.807, 2.05) is 18.2 Å². The fourth-order valence-corrected chi connectivity index (χ4v) is 2.64. The van der Waals surface area contributed by atoms with Crippen molar-refractivity contribution in [3.8, 4) is 0 Å². The van der Waals surface area contributed by atoms with Crippen molar-refractivity contribution in [2.24, 2.45) is 5.92 Å². The third kappa shape index (κ3) is 3.29. The number of carbonyl (C=O) groups is 1. The number of carboxylic acids is 1. The van der Waals surface area contributed by atoms with Gasteiger partial charge in [-0.2, -0.15) is 0 Å². The van der Waals surface area contributed by atoms with Crippen molar-refractivity contribution in [2.75, 3.05) is 0 Å². The van der Waals surface area contributed by atoms with Crippen molar-refractivity contribution in [2.45, 2.75) is 44.7 Å². The second kappa shape index (κ2) is 5.96. The molecule has 0 saturated heterocycles. The largest absolute Gasteiger partial charge is 0.481 e. The fraction of sp³-hybridized carbons (Fsp3) is 0.571. The predicted molar refractivity (Wildman–Crippen MR) is 69.2 cm³/mol. The lowest BCUT2D eigenvalue weighted by Crippen LogP contribution is -2.37. The number of pyridine rings is 1. The average molecular weight is 248 g/mol. The van der Waals surface area contributed by atoms with Crippen LogP contribution in [0.4, 0.5) is 0 Å². The van der Waals surface area contributed by atoms with Crippen LogP contribution < -0.4 is 5.32 Å². The number of hydrogen-bond acceptors (Lipinski definition) is 3. The van der Waals surface area contributed by atoms with Gasteiger partial charge in [-0.05, 0) is 38.3 Å². The second-order valence-corrected chi connectivity index (χ2v) is 5.04. The molecule has 1 aliphatic rings. The molecular formula is C14H20N2O2. The fourth-order valence-electron chi connectivity index (χ4n) is 2.64. The van der Waals surface area contributed by atoms with Gasteiger partial charge in [0.25, 0.3) is 0 Å². The minimum atomic E-state index is -0.660. The van der Waals surface area contributed by atoms with E-state index in [0.29, 0.717) is 0 Å². The molecule has 1 aromatic heterocycles. The van der Waals surface area contributed by atoms with Crippen LogP contribution >= 0.6 is 0 Å². The predicted octanol–water partition coefficient (Wildman–Crippen LogP) is 2.38. The topological polar surface area (TPSA) is 62.2 Å². The summed E-state index contributed by atoms with van der Waals surface area (Å²) in [5.41, 5.74) is 1.01. The number of carboxylic acid groups (broad SMARTS) is 1. The summed E-state index contributed by atoms with van der Waals surface area (Å²) in [7, 11) is 0. The molecule has 1 saturated carbocycles. The van der Waals surface area contributed by atoms with Crippen LogP contribution in [0.15, 0.2) is 24.4 Å². The van der Waals surface area contributed by atoms with Gasteiger partial charge in [0.05, 0.1) is 11.6 Å². The Labute approximate surface area is 107 Å². The summed E-state index contributed by atoms with van der Waals surface area (Å²) in [6.07, 6.45) is 5.37. The quantitative estimate of drug-likeness (QED) is 0.858. The highest BCUT2D eigenvalue weighted by Crippen LogP contribution is 2.26. The van der Waals surface area contributed by atoms with Crippen LogP contribution in [0.25, 0.3) is 0 Å². The van der Waals surface area contributed by atoms with Crippen molar-refractivity contribution >= 4 is 5.97 Å². The van der Waals surface area contributed by atoms with Crippen LogP contribution in [-0.4, -0.2) is 22.1 Å². The van der Waals surface area contributed by atoms with Crippen molar-refractivity contribution in [1.29, 1.82) is 0 Å². The van der Waals surface area contributed by atoms with Gasteiger partial charge in [-0.15, -0.1) is 0 Å². The van der Waals surface area contributed by atoms with Gasteiger partial charge in [0.15, 0.2) is 0 Å². The summed E-state index contributed by atoms with van der Waals surface area (Å²) in [6, 6.07) is 6.33. The number of nitrogens with one attached hydrogen (secondary N) is 1. The summed E-state index contributed by atoms with van der Waals surface area (Å²) in [4.78, 5) is 15.3. The maximum Gasteiger partial charge on any atom is 0.306 e. The van der Waals surface area contributed by atoms with E-state index in [2.05, 4.69) is 17.2 Å². The first kappa shape index (κ1) is 13.0. The Bertz CT molecular complexity index is 394. The Morgan fingerprint density at radius 3 is 3.00 bits per heavy atom. The monoisotopic (exact) mass is 248 g/mol. The Morgan fingerprint density at radius 1 is 1.50 bits per heavy atom. The zero-order valence-electron chi connectivity index (χ0n) is 10.7. The molecule has 98 valence electrons. The third-order valence-corrected chi connectivity index (χ3v) is 3.64. The number of rotatable bonds is 4. The van der Waals surface area contributed by atoms with Gasteiger partial charge >= 0.3 is 5.97 Å². The van der Waals surface area contributed by atoms with Gasteiger partial charge in [-0.3, -0.25) is 9.78 Å². The van der Waals surface area contributed by atoms with Crippen LogP contribution in [0, 0.1) is 5.92 Å². The minimum absolute atomic E-state index is 0.170. The normalized spacial score (nSPS) is 25.6. The van der Waals surface area contributed by atoms with E-state index >= 15 is 0 Å². The second-order valence-electron chi connectivity index (χ2n) is 5.04. The summed E-state index contributed by atoms with van der Waals surface area (Å²) in [5, 5.41) is 12.6. The summed E-state index contributed by atoms with van der Waals surface area (Å²) in [5.74, 6) is -0.848. The zero-order valence-corrected chi connectivity index (χ0v) is 10.7. The molecule has 2 N–H and O–H groups in total. The van der Waals surface area contributed by atoms with E-state index in [1.165, 1.54) is 0 Å². The molecule has 2 unspecified atom stereocenters. The van der Waals surface area contributed by atoms with E-state index in [9.17, 15) is 4.79 Å². The number of aliphatic carboxylic acids is 1. The van der Waals surface area contributed by atoms with Crippen LogP contribution in [0.2, 0.25) is 0 Å². The maximum atomic E-state index is 11.0. The molecule has 0 bridgehead atoms. The molecule has 4 nitrogen and oxygen atoms in total. The molecule has 1 heterocycles. The lowest BCUT2D eigenvalue weighted by Gasteiger charge is -2.29. The summed E-state index contributed by atoms with van der Waals surface area (Å²) in [6.45, 7) is 2.08. The molecule has 0 spiro atoms. The minimum Gasteiger partial charge on any atom is -0.481 e. The van der Waals surface area contributed by atoms with E-state index in [-0.39, 0.29) is 18.0 Å². The molecule has 4 heteroatoms. The molecule has 1 aromatic rings. The molecule has 1 fully saturated rings. The van der Waals surface area contributed by atoms with Crippen molar-refractivity contribution < 1.29 is 9.90 Å². The van der Waals surface area contributed by atoms with Crippen molar-refractivity contribution in [1.82, 2.24) is 10.3 Å². The van der Waals surface area contributed by atoms with Crippen LogP contribution in [0.1, 0.15) is 44.3 Å². The molecular weight excluding hydrogens is 228 g/mol. The Balaban J connectivity index is 1.91. The number of aromatic nitrogens is 1.